The first-order chi connectivity index (χ1) is 13.1. The molecule has 2 bridgehead atoms. The molecule has 27 heavy (non-hydrogen) atoms. The first-order valence-electron chi connectivity index (χ1n) is 10.8. The molecule has 0 aromatic heterocycles. The first kappa shape index (κ1) is 16.6. The Morgan fingerprint density at radius 2 is 2.11 bits per heavy atom. The van der Waals surface area contributed by atoms with Crippen molar-refractivity contribution >= 4 is 0 Å². The van der Waals surface area contributed by atoms with Gasteiger partial charge < -0.3 is 20.3 Å². The maximum atomic E-state index is 12.3. The molecule has 146 valence electrons. The predicted molar refractivity (Wildman–Crippen MR) is 102 cm³/mol. The van der Waals surface area contributed by atoms with E-state index in [4.69, 9.17) is 4.74 Å². The number of phenols is 1. The third kappa shape index (κ3) is 1.95. The quantitative estimate of drug-likeness (QED) is 0.756. The molecular weight excluding hydrogens is 340 g/mol. The number of phenolic OH excluding ortho intramolecular Hbond substituents is 1. The van der Waals surface area contributed by atoms with Gasteiger partial charge in [-0.2, -0.15) is 0 Å². The molecule has 2 heterocycles. The molecular formula is C22H30N2O3. The Morgan fingerprint density at radius 1 is 1.26 bits per heavy atom. The molecule has 5 atom stereocenters. The van der Waals surface area contributed by atoms with E-state index in [-0.39, 0.29) is 29.4 Å². The summed E-state index contributed by atoms with van der Waals surface area (Å²) in [6, 6.07) is 4.26. The Labute approximate surface area is 160 Å². The number of piperidine rings is 1. The molecule has 5 nitrogen and oxygen atoms in total. The van der Waals surface area contributed by atoms with Crippen molar-refractivity contribution in [3.8, 4) is 11.5 Å². The van der Waals surface area contributed by atoms with E-state index >= 15 is 0 Å². The molecule has 3 fully saturated rings. The fraction of sp³-hybridized carbons (Fsp3) is 0.727. The lowest BCUT2D eigenvalue weighted by Gasteiger charge is -2.64. The molecule has 0 amide bonds. The minimum atomic E-state index is -0.761. The number of likely N-dealkylation sites (tertiary alicyclic amines) is 1. The summed E-state index contributed by atoms with van der Waals surface area (Å²) in [5, 5.41) is 26.4. The van der Waals surface area contributed by atoms with Crippen LogP contribution in [0.2, 0.25) is 0 Å². The van der Waals surface area contributed by atoms with Gasteiger partial charge in [0, 0.05) is 24.2 Å². The predicted octanol–water partition coefficient (Wildman–Crippen LogP) is 1.93. The Bertz CT molecular complexity index is 794. The smallest absolute Gasteiger partial charge is 0.165 e. The number of likely N-dealkylation sites (N-methyl/N-ethyl adjacent to an activating group) is 1. The maximum Gasteiger partial charge on any atom is 0.165 e. The van der Waals surface area contributed by atoms with Crippen LogP contribution in [0.25, 0.3) is 0 Å². The molecule has 5 aliphatic rings. The molecule has 1 saturated heterocycles. The van der Waals surface area contributed by atoms with Crippen LogP contribution in [0.4, 0.5) is 0 Å². The fourth-order valence-electron chi connectivity index (χ4n) is 6.95. The van der Waals surface area contributed by atoms with E-state index < -0.39 is 5.60 Å². The number of nitrogens with zero attached hydrogens (tertiary/aromatic N) is 1. The third-order valence-electron chi connectivity index (χ3n) is 8.23. The van der Waals surface area contributed by atoms with Crippen LogP contribution in [0.1, 0.15) is 50.2 Å². The summed E-state index contributed by atoms with van der Waals surface area (Å²) in [5.74, 6) is 1.71. The first-order valence-corrected chi connectivity index (χ1v) is 10.8. The summed E-state index contributed by atoms with van der Waals surface area (Å²) >= 11 is 0. The maximum absolute atomic E-state index is 12.3. The summed E-state index contributed by atoms with van der Waals surface area (Å²) < 4.78 is 6.48. The Kier molecular flexibility index (Phi) is 3.33. The van der Waals surface area contributed by atoms with Crippen molar-refractivity contribution in [3.63, 3.8) is 0 Å². The average Bonchev–Trinajstić information content (AvgIpc) is 3.39. The van der Waals surface area contributed by atoms with Crippen molar-refractivity contribution in [3.05, 3.63) is 23.3 Å². The normalized spacial score (nSPS) is 41.9. The van der Waals surface area contributed by atoms with Gasteiger partial charge in [0.1, 0.15) is 6.10 Å². The van der Waals surface area contributed by atoms with E-state index in [1.165, 1.54) is 18.4 Å². The number of benzene rings is 1. The Hall–Kier alpha value is -1.30. The second-order valence-corrected chi connectivity index (χ2v) is 9.49. The van der Waals surface area contributed by atoms with E-state index in [9.17, 15) is 10.2 Å². The van der Waals surface area contributed by atoms with E-state index in [0.29, 0.717) is 5.75 Å². The lowest BCUT2D eigenvalue weighted by atomic mass is 9.48. The molecule has 2 unspecified atom stereocenters. The van der Waals surface area contributed by atoms with Gasteiger partial charge in [0.15, 0.2) is 11.5 Å². The molecule has 2 aliphatic heterocycles. The van der Waals surface area contributed by atoms with Gasteiger partial charge in [0.05, 0.1) is 11.0 Å². The van der Waals surface area contributed by atoms with E-state index in [2.05, 4.69) is 23.2 Å². The number of nitrogens with one attached hydrogen (secondary N) is 1. The average molecular weight is 370 g/mol. The second kappa shape index (κ2) is 5.40. The molecule has 3 N–H and O–H groups in total. The minimum Gasteiger partial charge on any atom is -0.504 e. The molecule has 5 heteroatoms. The number of hydrogen-bond donors (Lipinski definition) is 3. The van der Waals surface area contributed by atoms with Crippen molar-refractivity contribution in [1.82, 2.24) is 10.2 Å². The van der Waals surface area contributed by atoms with Crippen LogP contribution >= 0.6 is 0 Å². The number of hydrogen-bond acceptors (Lipinski definition) is 5. The van der Waals surface area contributed by atoms with Crippen molar-refractivity contribution in [1.29, 1.82) is 0 Å². The van der Waals surface area contributed by atoms with Crippen LogP contribution < -0.4 is 10.1 Å². The topological polar surface area (TPSA) is 65.0 Å². The fourth-order valence-corrected chi connectivity index (χ4v) is 6.95. The van der Waals surface area contributed by atoms with Gasteiger partial charge in [-0.3, -0.25) is 4.90 Å². The van der Waals surface area contributed by atoms with Gasteiger partial charge in [-0.05, 0) is 69.2 Å². The highest BCUT2D eigenvalue weighted by Gasteiger charge is 2.72. The van der Waals surface area contributed by atoms with Gasteiger partial charge in [0.25, 0.3) is 0 Å². The minimum absolute atomic E-state index is 0.0934. The second-order valence-electron chi connectivity index (χ2n) is 9.49. The van der Waals surface area contributed by atoms with Gasteiger partial charge in [-0.1, -0.05) is 13.0 Å². The highest BCUT2D eigenvalue weighted by Crippen LogP contribution is 2.65. The lowest BCUT2D eigenvalue weighted by Crippen LogP contribution is -2.78. The third-order valence-corrected chi connectivity index (χ3v) is 8.23. The standard InChI is InChI=1S/C22H30N2O3/c1-2-23-15-7-8-22(26)17-11-14-5-6-16(25)19-18(14)21(22,20(15)27-19)9-10-24(17)12-13-3-4-13/h5-6,13,15,17,20,23,25-26H,2-4,7-12H2,1H3/t15?,17-,20?,21+,22-/m1/s1. The number of ether oxygens (including phenoxy) is 1. The Morgan fingerprint density at radius 3 is 2.89 bits per heavy atom. The summed E-state index contributed by atoms with van der Waals surface area (Å²) in [4.78, 5) is 2.58. The van der Waals surface area contributed by atoms with Crippen molar-refractivity contribution < 1.29 is 14.9 Å². The van der Waals surface area contributed by atoms with Crippen LogP contribution in [0, 0.1) is 5.92 Å². The number of aliphatic hydroxyl groups is 1. The van der Waals surface area contributed by atoms with Crippen molar-refractivity contribution in [2.45, 2.75) is 74.7 Å². The van der Waals surface area contributed by atoms with Gasteiger partial charge in [0.2, 0.25) is 0 Å². The number of aromatic hydroxyl groups is 1. The van der Waals surface area contributed by atoms with Crippen LogP contribution in [0.3, 0.4) is 0 Å². The van der Waals surface area contributed by atoms with Crippen LogP contribution in [0.5, 0.6) is 11.5 Å². The lowest BCUT2D eigenvalue weighted by molar-refractivity contribution is -0.191. The largest absolute Gasteiger partial charge is 0.504 e. The molecule has 2 saturated carbocycles. The highest BCUT2D eigenvalue weighted by atomic mass is 16.5. The molecule has 1 spiro atoms. The number of rotatable bonds is 4. The molecule has 6 rings (SSSR count). The van der Waals surface area contributed by atoms with Gasteiger partial charge in [-0.15, -0.1) is 0 Å². The van der Waals surface area contributed by atoms with Gasteiger partial charge >= 0.3 is 0 Å². The zero-order valence-corrected chi connectivity index (χ0v) is 16.1. The highest BCUT2D eigenvalue weighted by molar-refractivity contribution is 5.62. The SMILES string of the molecule is CCNC1CC[C@@]2(O)[C@H]3Cc4ccc(O)c5c4[C@@]2(CCN3CC2CC2)C1O5. The molecule has 3 aliphatic carbocycles. The summed E-state index contributed by atoms with van der Waals surface area (Å²) in [7, 11) is 0. The monoisotopic (exact) mass is 370 g/mol. The molecule has 0 radical (unpaired) electrons. The summed E-state index contributed by atoms with van der Waals surface area (Å²) in [6.07, 6.45) is 6.12. The summed E-state index contributed by atoms with van der Waals surface area (Å²) in [6.45, 7) is 5.18. The summed E-state index contributed by atoms with van der Waals surface area (Å²) in [5.41, 5.74) is 1.25. The Balaban J connectivity index is 1.53. The van der Waals surface area contributed by atoms with Crippen LogP contribution in [-0.4, -0.2) is 58.5 Å². The van der Waals surface area contributed by atoms with E-state index in [1.54, 1.807) is 6.07 Å². The van der Waals surface area contributed by atoms with Crippen LogP contribution in [0.15, 0.2) is 12.1 Å². The molecule has 1 aromatic carbocycles. The molecule has 1 aromatic rings. The van der Waals surface area contributed by atoms with Crippen LogP contribution in [-0.2, 0) is 11.8 Å². The van der Waals surface area contributed by atoms with E-state index in [1.807, 2.05) is 0 Å². The zero-order valence-electron chi connectivity index (χ0n) is 16.1. The zero-order chi connectivity index (χ0) is 18.4. The van der Waals surface area contributed by atoms with Gasteiger partial charge in [-0.25, -0.2) is 0 Å². The van der Waals surface area contributed by atoms with E-state index in [0.717, 1.165) is 56.8 Å². The van der Waals surface area contributed by atoms with Crippen molar-refractivity contribution in [2.24, 2.45) is 5.92 Å². The van der Waals surface area contributed by atoms with Crippen molar-refractivity contribution in [2.75, 3.05) is 19.6 Å².